The summed E-state index contributed by atoms with van der Waals surface area (Å²) in [5.74, 6) is 0.708. The number of ether oxygens (including phenoxy) is 1. The quantitative estimate of drug-likeness (QED) is 0.693. The molecule has 0 radical (unpaired) electrons. The van der Waals surface area contributed by atoms with Gasteiger partial charge in [-0.25, -0.2) is 0 Å². The van der Waals surface area contributed by atoms with Gasteiger partial charge >= 0.3 is 0 Å². The van der Waals surface area contributed by atoms with E-state index in [0.29, 0.717) is 17.7 Å². The molecular weight excluding hydrogens is 358 g/mol. The standard InChI is InChI=1S/C16H23N3O2S.C5H12/c1-12-5-3-4-10-19(12)11-15(20)18-16(22)17-13-6-8-14(21-2)9-7-13;1-3-5-4-2/h6-9,12H,3-5,10-11H2,1-2H3,(H2,17,18,20,22);3-5H2,1-2H3. The number of carbonyl (C=O) groups is 1. The number of likely N-dealkylation sites (tertiary alicyclic amines) is 1. The summed E-state index contributed by atoms with van der Waals surface area (Å²) in [5.41, 5.74) is 0.817. The molecule has 0 spiro atoms. The number of thiocarbonyl (C=S) groups is 1. The Bertz CT molecular complexity index is 561. The first-order chi connectivity index (χ1) is 13.0. The third-order valence-corrected chi connectivity index (χ3v) is 4.80. The summed E-state index contributed by atoms with van der Waals surface area (Å²) >= 11 is 5.18. The van der Waals surface area contributed by atoms with E-state index in [-0.39, 0.29) is 5.91 Å². The lowest BCUT2D eigenvalue weighted by molar-refractivity contribution is -0.121. The highest BCUT2D eigenvalue weighted by molar-refractivity contribution is 7.80. The maximum atomic E-state index is 12.1. The van der Waals surface area contributed by atoms with Crippen LogP contribution in [-0.2, 0) is 4.79 Å². The van der Waals surface area contributed by atoms with Crippen LogP contribution in [0.2, 0.25) is 0 Å². The van der Waals surface area contributed by atoms with E-state index in [0.717, 1.165) is 30.8 Å². The van der Waals surface area contributed by atoms with Gasteiger partial charge in [-0.1, -0.05) is 39.5 Å². The number of hydrogen-bond acceptors (Lipinski definition) is 4. The molecule has 1 aromatic rings. The summed E-state index contributed by atoms with van der Waals surface area (Å²) < 4.78 is 5.10. The van der Waals surface area contributed by atoms with Gasteiger partial charge in [-0.2, -0.15) is 0 Å². The Labute approximate surface area is 169 Å². The van der Waals surface area contributed by atoms with Crippen LogP contribution in [0.25, 0.3) is 0 Å². The lowest BCUT2D eigenvalue weighted by Gasteiger charge is -2.32. The molecule has 1 heterocycles. The molecule has 0 aromatic heterocycles. The molecule has 1 fully saturated rings. The van der Waals surface area contributed by atoms with Gasteiger partial charge in [0, 0.05) is 11.7 Å². The Morgan fingerprint density at radius 3 is 2.41 bits per heavy atom. The number of nitrogens with zero attached hydrogens (tertiary/aromatic N) is 1. The summed E-state index contributed by atoms with van der Waals surface area (Å²) in [5, 5.41) is 6.05. The molecule has 0 saturated carbocycles. The van der Waals surface area contributed by atoms with E-state index in [1.165, 1.54) is 25.7 Å². The van der Waals surface area contributed by atoms with Gasteiger partial charge in [0.15, 0.2) is 5.11 Å². The molecular formula is C21H35N3O2S. The third-order valence-electron chi connectivity index (χ3n) is 4.60. The van der Waals surface area contributed by atoms with Crippen molar-refractivity contribution in [2.24, 2.45) is 0 Å². The predicted molar refractivity (Wildman–Crippen MR) is 117 cm³/mol. The van der Waals surface area contributed by atoms with E-state index in [1.54, 1.807) is 7.11 Å². The van der Waals surface area contributed by atoms with E-state index in [9.17, 15) is 4.79 Å². The number of rotatable bonds is 6. The average molecular weight is 394 g/mol. The Hall–Kier alpha value is -1.66. The SMILES string of the molecule is CCCCC.COc1ccc(NC(=S)NC(=O)CN2CCCCC2C)cc1. The molecule has 27 heavy (non-hydrogen) atoms. The summed E-state index contributed by atoms with van der Waals surface area (Å²) in [7, 11) is 1.62. The van der Waals surface area contributed by atoms with E-state index < -0.39 is 0 Å². The van der Waals surface area contributed by atoms with Crippen LogP contribution >= 0.6 is 12.2 Å². The molecule has 1 saturated heterocycles. The lowest BCUT2D eigenvalue weighted by atomic mass is 10.0. The Morgan fingerprint density at radius 1 is 1.22 bits per heavy atom. The van der Waals surface area contributed by atoms with Crippen LogP contribution in [0, 0.1) is 0 Å². The number of hydrogen-bond donors (Lipinski definition) is 2. The first-order valence-corrected chi connectivity index (χ1v) is 10.4. The smallest absolute Gasteiger partial charge is 0.240 e. The number of methoxy groups -OCH3 is 1. The second-order valence-electron chi connectivity index (χ2n) is 6.90. The normalized spacial score (nSPS) is 16.7. The monoisotopic (exact) mass is 393 g/mol. The molecule has 0 aliphatic carbocycles. The van der Waals surface area contributed by atoms with Crippen molar-refractivity contribution in [1.82, 2.24) is 10.2 Å². The fourth-order valence-corrected chi connectivity index (χ4v) is 3.17. The average Bonchev–Trinajstić information content (AvgIpc) is 2.65. The van der Waals surface area contributed by atoms with Crippen LogP contribution in [-0.4, -0.2) is 42.2 Å². The van der Waals surface area contributed by atoms with Gasteiger partial charge in [-0.3, -0.25) is 9.69 Å². The summed E-state index contributed by atoms with van der Waals surface area (Å²) in [6.45, 7) is 7.96. The molecule has 5 nitrogen and oxygen atoms in total. The number of benzene rings is 1. The minimum absolute atomic E-state index is 0.0697. The van der Waals surface area contributed by atoms with Gasteiger partial charge in [0.05, 0.1) is 13.7 Å². The van der Waals surface area contributed by atoms with E-state index in [4.69, 9.17) is 17.0 Å². The van der Waals surface area contributed by atoms with E-state index in [2.05, 4.69) is 36.3 Å². The van der Waals surface area contributed by atoms with Gasteiger partial charge < -0.3 is 15.4 Å². The predicted octanol–water partition coefficient (Wildman–Crippen LogP) is 4.58. The maximum Gasteiger partial charge on any atom is 0.240 e. The van der Waals surface area contributed by atoms with Gasteiger partial charge in [-0.15, -0.1) is 0 Å². The Balaban J connectivity index is 0.000000646. The largest absolute Gasteiger partial charge is 0.497 e. The number of amides is 1. The summed E-state index contributed by atoms with van der Waals surface area (Å²) in [4.78, 5) is 14.3. The number of anilines is 1. The highest BCUT2D eigenvalue weighted by Gasteiger charge is 2.20. The van der Waals surface area contributed by atoms with Gasteiger partial charge in [-0.05, 0) is 62.8 Å². The van der Waals surface area contributed by atoms with E-state index >= 15 is 0 Å². The zero-order chi connectivity index (χ0) is 20.1. The van der Waals surface area contributed by atoms with Crippen LogP contribution in [0.3, 0.4) is 0 Å². The lowest BCUT2D eigenvalue weighted by Crippen LogP contribution is -2.46. The minimum Gasteiger partial charge on any atom is -0.497 e. The van der Waals surface area contributed by atoms with Crippen LogP contribution in [0.5, 0.6) is 5.75 Å². The van der Waals surface area contributed by atoms with Crippen LogP contribution in [0.1, 0.15) is 59.3 Å². The van der Waals surface area contributed by atoms with Gasteiger partial charge in [0.1, 0.15) is 5.75 Å². The van der Waals surface area contributed by atoms with Crippen molar-refractivity contribution in [1.29, 1.82) is 0 Å². The first-order valence-electron chi connectivity index (χ1n) is 9.99. The molecule has 2 rings (SSSR count). The Morgan fingerprint density at radius 2 is 1.89 bits per heavy atom. The van der Waals surface area contributed by atoms with Crippen LogP contribution in [0.4, 0.5) is 5.69 Å². The second-order valence-corrected chi connectivity index (χ2v) is 7.31. The molecule has 1 amide bonds. The van der Waals surface area contributed by atoms with E-state index in [1.807, 2.05) is 24.3 Å². The summed E-state index contributed by atoms with van der Waals surface area (Å²) in [6.07, 6.45) is 7.64. The zero-order valence-corrected chi connectivity index (χ0v) is 18.0. The minimum atomic E-state index is -0.0697. The number of piperidine rings is 1. The van der Waals surface area contributed by atoms with Crippen molar-refractivity contribution in [3.05, 3.63) is 24.3 Å². The Kier molecular flexibility index (Phi) is 11.7. The summed E-state index contributed by atoms with van der Waals surface area (Å²) in [6, 6.07) is 7.83. The number of nitrogens with one attached hydrogen (secondary N) is 2. The van der Waals surface area contributed by atoms with Crippen molar-refractivity contribution in [2.75, 3.05) is 25.5 Å². The first kappa shape index (κ1) is 23.4. The number of unbranched alkanes of at least 4 members (excludes halogenated alkanes) is 2. The van der Waals surface area contributed by atoms with Crippen molar-refractivity contribution in [3.63, 3.8) is 0 Å². The molecule has 0 bridgehead atoms. The highest BCUT2D eigenvalue weighted by Crippen LogP contribution is 2.16. The molecule has 2 N–H and O–H groups in total. The fraction of sp³-hybridized carbons (Fsp3) is 0.619. The highest BCUT2D eigenvalue weighted by atomic mass is 32.1. The van der Waals surface area contributed by atoms with Crippen molar-refractivity contribution in [2.45, 2.75) is 65.3 Å². The second kappa shape index (κ2) is 13.5. The maximum absolute atomic E-state index is 12.1. The molecule has 1 unspecified atom stereocenters. The van der Waals surface area contributed by atoms with Crippen LogP contribution in [0.15, 0.2) is 24.3 Å². The zero-order valence-electron chi connectivity index (χ0n) is 17.2. The molecule has 6 heteroatoms. The van der Waals surface area contributed by atoms with Gasteiger partial charge in [0.25, 0.3) is 0 Å². The molecule has 1 atom stereocenters. The third kappa shape index (κ3) is 9.73. The number of carbonyl (C=O) groups excluding carboxylic acids is 1. The molecule has 1 aliphatic rings. The van der Waals surface area contributed by atoms with Crippen molar-refractivity contribution in [3.8, 4) is 5.75 Å². The van der Waals surface area contributed by atoms with Crippen molar-refractivity contribution >= 4 is 28.9 Å². The topological polar surface area (TPSA) is 53.6 Å². The van der Waals surface area contributed by atoms with Crippen molar-refractivity contribution < 1.29 is 9.53 Å². The molecule has 152 valence electrons. The molecule has 1 aliphatic heterocycles. The fourth-order valence-electron chi connectivity index (χ4n) is 2.93. The van der Waals surface area contributed by atoms with Gasteiger partial charge in [0.2, 0.25) is 5.91 Å². The molecule has 1 aromatic carbocycles. The van der Waals surface area contributed by atoms with Crippen LogP contribution < -0.4 is 15.4 Å².